The largest absolute Gasteiger partial charge is 0.265 e. The highest BCUT2D eigenvalue weighted by Gasteiger charge is 2.21. The smallest absolute Gasteiger partial charge is 0.263 e. The summed E-state index contributed by atoms with van der Waals surface area (Å²) in [6.07, 6.45) is 1.50. The number of pyridine rings is 1. The molecule has 2 aromatic rings. The summed E-state index contributed by atoms with van der Waals surface area (Å²) in [4.78, 5) is 3.94. The molecule has 100 valence electrons. The summed E-state index contributed by atoms with van der Waals surface area (Å²) in [5, 5.41) is 0.138. The Balaban J connectivity index is 2.41. The first-order valence-electron chi connectivity index (χ1n) is 4.98. The maximum absolute atomic E-state index is 12.3. The molecule has 0 saturated heterocycles. The molecule has 0 fully saturated rings. The Labute approximate surface area is 132 Å². The van der Waals surface area contributed by atoms with E-state index in [1.165, 1.54) is 12.3 Å². The zero-order valence-electron chi connectivity index (χ0n) is 9.27. The average molecular weight is 427 g/mol. The van der Waals surface area contributed by atoms with Crippen LogP contribution in [0.2, 0.25) is 5.02 Å². The molecule has 0 amide bonds. The Hall–Kier alpha value is -0.630. The molecule has 1 heterocycles. The fraction of sp³-hybridized carbons (Fsp3) is 0. The lowest BCUT2D eigenvalue weighted by molar-refractivity contribution is 0.600. The predicted octanol–water partition coefficient (Wildman–Crippen LogP) is 4.06. The van der Waals surface area contributed by atoms with Crippen molar-refractivity contribution in [1.29, 1.82) is 0 Å². The van der Waals surface area contributed by atoms with Crippen LogP contribution in [0.4, 0.5) is 5.82 Å². The van der Waals surface area contributed by atoms with Gasteiger partial charge >= 0.3 is 0 Å². The van der Waals surface area contributed by atoms with Gasteiger partial charge < -0.3 is 0 Å². The summed E-state index contributed by atoms with van der Waals surface area (Å²) >= 11 is 12.3. The van der Waals surface area contributed by atoms with E-state index in [0.717, 1.165) is 4.47 Å². The molecule has 0 aliphatic carbocycles. The zero-order chi connectivity index (χ0) is 14.0. The number of nitrogens with one attached hydrogen (secondary N) is 1. The maximum Gasteiger partial charge on any atom is 0.265 e. The van der Waals surface area contributed by atoms with E-state index in [1.54, 1.807) is 24.3 Å². The monoisotopic (exact) mass is 424 g/mol. The molecule has 0 unspecified atom stereocenters. The number of halogens is 3. The van der Waals surface area contributed by atoms with Crippen LogP contribution in [0.15, 0.2) is 50.4 Å². The van der Waals surface area contributed by atoms with Crippen molar-refractivity contribution in [3.8, 4) is 0 Å². The first-order valence-corrected chi connectivity index (χ1v) is 8.43. The minimum atomic E-state index is -3.79. The maximum atomic E-state index is 12.3. The van der Waals surface area contributed by atoms with E-state index in [-0.39, 0.29) is 15.7 Å². The van der Waals surface area contributed by atoms with Gasteiger partial charge in [0.05, 0.1) is 5.02 Å². The van der Waals surface area contributed by atoms with Crippen molar-refractivity contribution in [2.45, 2.75) is 4.90 Å². The van der Waals surface area contributed by atoms with Crippen LogP contribution in [0.1, 0.15) is 0 Å². The number of rotatable bonds is 3. The van der Waals surface area contributed by atoms with E-state index in [0.29, 0.717) is 4.47 Å². The van der Waals surface area contributed by atoms with Gasteiger partial charge in [-0.3, -0.25) is 4.72 Å². The highest BCUT2D eigenvalue weighted by Crippen LogP contribution is 2.30. The Kier molecular flexibility index (Phi) is 4.50. The second-order valence-corrected chi connectivity index (χ2v) is 7.31. The van der Waals surface area contributed by atoms with E-state index in [1.807, 2.05) is 0 Å². The van der Waals surface area contributed by atoms with Crippen LogP contribution in [0.3, 0.4) is 0 Å². The molecule has 1 aromatic heterocycles. The Bertz CT molecular complexity index is 685. The van der Waals surface area contributed by atoms with Gasteiger partial charge in [0, 0.05) is 15.1 Å². The topological polar surface area (TPSA) is 59.1 Å². The zero-order valence-corrected chi connectivity index (χ0v) is 14.0. The third-order valence-electron chi connectivity index (χ3n) is 2.15. The number of nitrogens with zero attached hydrogens (tertiary/aromatic N) is 1. The first kappa shape index (κ1) is 14.8. The number of hydrogen-bond donors (Lipinski definition) is 1. The van der Waals surface area contributed by atoms with Crippen LogP contribution in [-0.4, -0.2) is 13.4 Å². The molecule has 0 atom stereocenters. The molecule has 1 N–H and O–H groups in total. The highest BCUT2D eigenvalue weighted by atomic mass is 79.9. The molecule has 19 heavy (non-hydrogen) atoms. The molecular formula is C11H7Br2ClN2O2S. The van der Waals surface area contributed by atoms with Gasteiger partial charge in [0.1, 0.15) is 10.7 Å². The van der Waals surface area contributed by atoms with E-state index in [2.05, 4.69) is 41.6 Å². The molecule has 8 heteroatoms. The standard InChI is InChI=1S/C11H7Br2ClN2O2S/c12-7-4-5-10(15-6-7)16-19(17,18)11-8(13)2-1-3-9(11)14/h1-6H,(H,15,16). The third-order valence-corrected chi connectivity index (χ3v) is 5.43. The minimum absolute atomic E-state index is 0.0126. The predicted molar refractivity (Wildman–Crippen MR) is 81.9 cm³/mol. The average Bonchev–Trinajstić information content (AvgIpc) is 2.31. The SMILES string of the molecule is O=S(=O)(Nc1ccc(Br)cn1)c1c(Cl)cccc1Br. The number of hydrogen-bond acceptors (Lipinski definition) is 3. The van der Waals surface area contributed by atoms with Gasteiger partial charge in [-0.1, -0.05) is 17.7 Å². The molecule has 0 aliphatic rings. The van der Waals surface area contributed by atoms with Crippen molar-refractivity contribution in [2.24, 2.45) is 0 Å². The fourth-order valence-corrected chi connectivity index (χ4v) is 4.35. The molecule has 0 saturated carbocycles. The van der Waals surface area contributed by atoms with E-state index < -0.39 is 10.0 Å². The Morgan fingerprint density at radius 1 is 1.16 bits per heavy atom. The van der Waals surface area contributed by atoms with Crippen molar-refractivity contribution in [1.82, 2.24) is 4.98 Å². The molecule has 1 aromatic carbocycles. The summed E-state index contributed by atoms with van der Waals surface area (Å²) in [6.45, 7) is 0. The number of anilines is 1. The second kappa shape index (κ2) is 5.78. The van der Waals surface area contributed by atoms with Crippen molar-refractivity contribution in [3.05, 3.63) is 50.5 Å². The van der Waals surface area contributed by atoms with E-state index in [4.69, 9.17) is 11.6 Å². The number of benzene rings is 1. The molecule has 2 rings (SSSR count). The van der Waals surface area contributed by atoms with Gasteiger partial charge in [0.25, 0.3) is 10.0 Å². The number of sulfonamides is 1. The van der Waals surface area contributed by atoms with Gasteiger partial charge in [-0.2, -0.15) is 0 Å². The van der Waals surface area contributed by atoms with Gasteiger partial charge in [0.2, 0.25) is 0 Å². The summed E-state index contributed by atoms with van der Waals surface area (Å²) in [5.74, 6) is 0.218. The summed E-state index contributed by atoms with van der Waals surface area (Å²) < 4.78 is 28.0. The minimum Gasteiger partial charge on any atom is -0.263 e. The quantitative estimate of drug-likeness (QED) is 0.805. The molecule has 0 aliphatic heterocycles. The second-order valence-electron chi connectivity index (χ2n) is 3.52. The summed E-state index contributed by atoms with van der Waals surface area (Å²) in [5.41, 5.74) is 0. The Morgan fingerprint density at radius 2 is 1.89 bits per heavy atom. The van der Waals surface area contributed by atoms with E-state index >= 15 is 0 Å². The lowest BCUT2D eigenvalue weighted by Gasteiger charge is -2.10. The molecule has 0 radical (unpaired) electrons. The normalized spacial score (nSPS) is 11.3. The van der Waals surface area contributed by atoms with E-state index in [9.17, 15) is 8.42 Å². The fourth-order valence-electron chi connectivity index (χ4n) is 1.36. The molecular weight excluding hydrogens is 419 g/mol. The van der Waals surface area contributed by atoms with Gasteiger partial charge in [-0.05, 0) is 56.1 Å². The van der Waals surface area contributed by atoms with Gasteiger partial charge in [0.15, 0.2) is 0 Å². The van der Waals surface area contributed by atoms with Crippen molar-refractivity contribution in [2.75, 3.05) is 4.72 Å². The first-order chi connectivity index (χ1) is 8.90. The lowest BCUT2D eigenvalue weighted by Crippen LogP contribution is -2.15. The van der Waals surface area contributed by atoms with Crippen LogP contribution in [0.25, 0.3) is 0 Å². The number of aromatic nitrogens is 1. The van der Waals surface area contributed by atoms with Crippen molar-refractivity contribution >= 4 is 59.3 Å². The lowest BCUT2D eigenvalue weighted by atomic mass is 10.4. The Morgan fingerprint density at radius 3 is 2.47 bits per heavy atom. The van der Waals surface area contributed by atoms with Crippen LogP contribution < -0.4 is 4.72 Å². The highest BCUT2D eigenvalue weighted by molar-refractivity contribution is 9.10. The van der Waals surface area contributed by atoms with Crippen LogP contribution in [0.5, 0.6) is 0 Å². The summed E-state index contributed by atoms with van der Waals surface area (Å²) in [7, 11) is -3.79. The van der Waals surface area contributed by atoms with Crippen LogP contribution in [0, 0.1) is 0 Å². The summed E-state index contributed by atoms with van der Waals surface area (Å²) in [6, 6.07) is 8.01. The van der Waals surface area contributed by atoms with Crippen LogP contribution in [-0.2, 0) is 10.0 Å². The molecule has 0 bridgehead atoms. The van der Waals surface area contributed by atoms with Crippen molar-refractivity contribution < 1.29 is 8.42 Å². The van der Waals surface area contributed by atoms with Gasteiger partial charge in [-0.15, -0.1) is 0 Å². The van der Waals surface area contributed by atoms with Gasteiger partial charge in [-0.25, -0.2) is 13.4 Å². The molecule has 0 spiro atoms. The van der Waals surface area contributed by atoms with Crippen LogP contribution >= 0.6 is 43.5 Å². The van der Waals surface area contributed by atoms with Crippen molar-refractivity contribution in [3.63, 3.8) is 0 Å². The third kappa shape index (κ3) is 3.47. The molecule has 4 nitrogen and oxygen atoms in total.